The second-order valence-electron chi connectivity index (χ2n) is 9.54. The minimum Gasteiger partial charge on any atom is -0.340 e. The molecule has 6 heteroatoms. The van der Waals surface area contributed by atoms with Crippen molar-refractivity contribution in [3.8, 4) is 17.2 Å². The third kappa shape index (κ3) is 3.58. The van der Waals surface area contributed by atoms with Crippen LogP contribution in [0.3, 0.4) is 0 Å². The van der Waals surface area contributed by atoms with Crippen LogP contribution in [0.2, 0.25) is 0 Å². The van der Waals surface area contributed by atoms with E-state index >= 15 is 0 Å². The Morgan fingerprint density at radius 1 is 0.658 bits per heavy atom. The first kappa shape index (κ1) is 22.1. The van der Waals surface area contributed by atoms with E-state index in [1.807, 2.05) is 49.6 Å². The summed E-state index contributed by atoms with van der Waals surface area (Å²) in [5.74, 6) is 0.886. The van der Waals surface area contributed by atoms with Crippen molar-refractivity contribution in [3.05, 3.63) is 122 Å². The van der Waals surface area contributed by atoms with E-state index < -0.39 is 0 Å². The molecule has 6 nitrogen and oxygen atoms in total. The van der Waals surface area contributed by atoms with E-state index in [0.29, 0.717) is 0 Å². The monoisotopic (exact) mass is 494 g/mol. The van der Waals surface area contributed by atoms with Gasteiger partial charge >= 0.3 is 0 Å². The van der Waals surface area contributed by atoms with Crippen LogP contribution in [0.4, 0.5) is 17.1 Å². The zero-order chi connectivity index (χ0) is 25.6. The Bertz CT molecular complexity index is 1910. The second-order valence-corrected chi connectivity index (χ2v) is 9.54. The van der Waals surface area contributed by atoms with Crippen LogP contribution >= 0.6 is 0 Å². The number of para-hydroxylation sites is 2. The Balaban J connectivity index is 1.47. The molecule has 0 aliphatic heterocycles. The quantitative estimate of drug-likeness (QED) is 0.251. The van der Waals surface area contributed by atoms with Crippen molar-refractivity contribution in [2.45, 2.75) is 0 Å². The van der Waals surface area contributed by atoms with Gasteiger partial charge in [0, 0.05) is 66.1 Å². The number of fused-ring (bicyclic) bond motifs is 3. The van der Waals surface area contributed by atoms with Gasteiger partial charge in [0.05, 0.1) is 23.1 Å². The number of imidazole rings is 2. The number of hydrogen-bond donors (Lipinski definition) is 0. The highest BCUT2D eigenvalue weighted by Gasteiger charge is 2.19. The first-order valence-electron chi connectivity index (χ1n) is 12.6. The average molecular weight is 495 g/mol. The Morgan fingerprint density at radius 3 is 2.21 bits per heavy atom. The summed E-state index contributed by atoms with van der Waals surface area (Å²) in [7, 11) is 4.03. The maximum absolute atomic E-state index is 4.70. The molecule has 0 atom stereocenters. The van der Waals surface area contributed by atoms with Gasteiger partial charge in [-0.3, -0.25) is 4.57 Å². The van der Waals surface area contributed by atoms with Crippen LogP contribution in [0.15, 0.2) is 122 Å². The molecule has 4 aromatic carbocycles. The van der Waals surface area contributed by atoms with Crippen molar-refractivity contribution < 1.29 is 0 Å². The first-order chi connectivity index (χ1) is 18.7. The maximum Gasteiger partial charge on any atom is 0.214 e. The summed E-state index contributed by atoms with van der Waals surface area (Å²) in [6.07, 6.45) is 7.71. The van der Waals surface area contributed by atoms with Gasteiger partial charge in [-0.15, -0.1) is 0 Å². The molecule has 0 amide bonds. The van der Waals surface area contributed by atoms with Gasteiger partial charge in [0.1, 0.15) is 0 Å². The predicted octanol–water partition coefficient (Wildman–Crippen LogP) is 7.39. The molecule has 38 heavy (non-hydrogen) atoms. The van der Waals surface area contributed by atoms with Crippen molar-refractivity contribution in [1.82, 2.24) is 23.7 Å². The summed E-state index contributed by atoms with van der Waals surface area (Å²) in [6.45, 7) is 0. The topological polar surface area (TPSA) is 43.8 Å². The highest BCUT2D eigenvalue weighted by molar-refractivity contribution is 6.10. The summed E-state index contributed by atoms with van der Waals surface area (Å²) in [6, 6.07) is 34.3. The molecule has 0 N–H and O–H groups in total. The smallest absolute Gasteiger partial charge is 0.214 e. The van der Waals surface area contributed by atoms with Crippen LogP contribution in [0, 0.1) is 0 Å². The van der Waals surface area contributed by atoms with Crippen LogP contribution in [0.25, 0.3) is 39.0 Å². The van der Waals surface area contributed by atoms with Crippen LogP contribution in [-0.2, 0) is 14.1 Å². The van der Waals surface area contributed by atoms with Crippen molar-refractivity contribution in [2.75, 3.05) is 4.90 Å². The van der Waals surface area contributed by atoms with Crippen molar-refractivity contribution in [3.63, 3.8) is 0 Å². The third-order valence-electron chi connectivity index (χ3n) is 7.03. The van der Waals surface area contributed by atoms with Crippen LogP contribution in [0.1, 0.15) is 0 Å². The second kappa shape index (κ2) is 8.78. The van der Waals surface area contributed by atoms with Gasteiger partial charge in [-0.2, -0.15) is 0 Å². The molecule has 0 spiro atoms. The lowest BCUT2D eigenvalue weighted by molar-refractivity contribution is 0.846. The molecule has 3 aromatic heterocycles. The SMILES string of the molecule is Cn1cnc(-c2cccc(N(c3ccccc3)c3ccc4c5ccccc5n(-c5nccn5C)c4c3)c2)c1. The van der Waals surface area contributed by atoms with Gasteiger partial charge in [-0.25, -0.2) is 9.97 Å². The third-order valence-corrected chi connectivity index (χ3v) is 7.03. The molecule has 7 aromatic rings. The molecule has 7 rings (SSSR count). The zero-order valence-corrected chi connectivity index (χ0v) is 21.2. The molecule has 184 valence electrons. The van der Waals surface area contributed by atoms with E-state index in [2.05, 4.69) is 110 Å². The minimum atomic E-state index is 0.886. The Labute approximate surface area is 220 Å². The molecule has 3 heterocycles. The number of aromatic nitrogens is 5. The van der Waals surface area contributed by atoms with Crippen LogP contribution in [0.5, 0.6) is 0 Å². The first-order valence-corrected chi connectivity index (χ1v) is 12.6. The molecule has 0 radical (unpaired) electrons. The number of anilines is 3. The molecule has 0 bridgehead atoms. The van der Waals surface area contributed by atoms with Gasteiger partial charge in [0.15, 0.2) is 0 Å². The van der Waals surface area contributed by atoms with Crippen LogP contribution in [-0.4, -0.2) is 23.7 Å². The largest absolute Gasteiger partial charge is 0.340 e. The van der Waals surface area contributed by atoms with Gasteiger partial charge in [-0.1, -0.05) is 54.6 Å². The number of nitrogens with zero attached hydrogens (tertiary/aromatic N) is 6. The zero-order valence-electron chi connectivity index (χ0n) is 21.2. The van der Waals surface area contributed by atoms with E-state index in [-0.39, 0.29) is 0 Å². The lowest BCUT2D eigenvalue weighted by atomic mass is 10.1. The Kier molecular flexibility index (Phi) is 5.11. The summed E-state index contributed by atoms with van der Waals surface area (Å²) in [4.78, 5) is 11.6. The lowest BCUT2D eigenvalue weighted by Crippen LogP contribution is -2.10. The summed E-state index contributed by atoms with van der Waals surface area (Å²) in [5, 5.41) is 2.41. The van der Waals surface area contributed by atoms with E-state index in [4.69, 9.17) is 4.98 Å². The molecule has 0 saturated carbocycles. The summed E-state index contributed by atoms with van der Waals surface area (Å²) < 4.78 is 6.28. The highest BCUT2D eigenvalue weighted by atomic mass is 15.2. The fraction of sp³-hybridized carbons (Fsp3) is 0.0625. The van der Waals surface area contributed by atoms with E-state index in [1.165, 1.54) is 10.8 Å². The Morgan fingerprint density at radius 2 is 1.42 bits per heavy atom. The standard InChI is InChI=1S/C32H26N6/c1-35-21-29(34-22-35)23-9-8-12-25(19-23)37(24-10-4-3-5-11-24)26-15-16-28-27-13-6-7-14-30(27)38(31(28)20-26)32-33-17-18-36(32)2/h3-22H,1-2H3. The number of aryl methyl sites for hydroxylation is 2. The molecule has 0 fully saturated rings. The lowest BCUT2D eigenvalue weighted by Gasteiger charge is -2.26. The fourth-order valence-electron chi connectivity index (χ4n) is 5.28. The van der Waals surface area contributed by atoms with Gasteiger partial charge in [0.25, 0.3) is 0 Å². The molecule has 0 aliphatic carbocycles. The fourth-order valence-corrected chi connectivity index (χ4v) is 5.28. The molecular weight excluding hydrogens is 468 g/mol. The maximum atomic E-state index is 4.70. The normalized spacial score (nSPS) is 11.4. The molecule has 0 aliphatic rings. The summed E-state index contributed by atoms with van der Waals surface area (Å²) in [5.41, 5.74) is 7.50. The van der Waals surface area contributed by atoms with Crippen LogP contribution < -0.4 is 4.90 Å². The van der Waals surface area contributed by atoms with Crippen molar-refractivity contribution in [1.29, 1.82) is 0 Å². The predicted molar refractivity (Wildman–Crippen MR) is 154 cm³/mol. The number of rotatable bonds is 5. The number of benzene rings is 4. The average Bonchev–Trinajstić information content (AvgIpc) is 3.66. The Hall–Kier alpha value is -5.10. The number of hydrogen-bond acceptors (Lipinski definition) is 3. The van der Waals surface area contributed by atoms with Crippen molar-refractivity contribution in [2.24, 2.45) is 14.1 Å². The molecular formula is C32H26N6. The van der Waals surface area contributed by atoms with Gasteiger partial charge in [0.2, 0.25) is 5.95 Å². The van der Waals surface area contributed by atoms with Crippen molar-refractivity contribution >= 4 is 38.9 Å². The highest BCUT2D eigenvalue weighted by Crippen LogP contribution is 2.40. The molecule has 0 saturated heterocycles. The minimum absolute atomic E-state index is 0.886. The van der Waals surface area contributed by atoms with Gasteiger partial charge < -0.3 is 14.0 Å². The summed E-state index contributed by atoms with van der Waals surface area (Å²) >= 11 is 0. The molecule has 0 unspecified atom stereocenters. The van der Waals surface area contributed by atoms with Gasteiger partial charge in [-0.05, 0) is 42.5 Å². The van der Waals surface area contributed by atoms with E-state index in [1.54, 1.807) is 0 Å². The van der Waals surface area contributed by atoms with E-state index in [0.717, 1.165) is 45.3 Å². The van der Waals surface area contributed by atoms with E-state index in [9.17, 15) is 0 Å².